The van der Waals surface area contributed by atoms with E-state index >= 15 is 0 Å². The molecule has 2 amide bonds. The Kier molecular flexibility index (Phi) is 5.74. The average molecular weight is 370 g/mol. The number of hydrogen-bond acceptors (Lipinski definition) is 3. The van der Waals surface area contributed by atoms with Gasteiger partial charge in [-0.25, -0.2) is 4.39 Å². The Morgan fingerprint density at radius 3 is 2.19 bits per heavy atom. The van der Waals surface area contributed by atoms with Crippen molar-refractivity contribution in [2.24, 2.45) is 0 Å². The Morgan fingerprint density at radius 1 is 0.963 bits per heavy atom. The summed E-state index contributed by atoms with van der Waals surface area (Å²) in [7, 11) is 0. The van der Waals surface area contributed by atoms with Crippen LogP contribution < -0.4 is 4.74 Å². The summed E-state index contributed by atoms with van der Waals surface area (Å²) in [5.41, 5.74) is 1.19. The number of carbonyl (C=O) groups is 2. The summed E-state index contributed by atoms with van der Waals surface area (Å²) in [5, 5.41) is 0. The third-order valence-corrected chi connectivity index (χ3v) is 4.66. The van der Waals surface area contributed by atoms with Gasteiger partial charge in [0.2, 0.25) is 0 Å². The Hall–Kier alpha value is -2.89. The van der Waals surface area contributed by atoms with Gasteiger partial charge in [-0.3, -0.25) is 9.59 Å². The van der Waals surface area contributed by atoms with E-state index in [-0.39, 0.29) is 17.4 Å². The lowest BCUT2D eigenvalue weighted by Crippen LogP contribution is -2.53. The molecule has 1 heterocycles. The number of ether oxygens (including phenoxy) is 1. The minimum Gasteiger partial charge on any atom is -0.481 e. The summed E-state index contributed by atoms with van der Waals surface area (Å²) in [4.78, 5) is 28.3. The molecule has 2 aromatic carbocycles. The molecular formula is C21H23FN2O3. The van der Waals surface area contributed by atoms with Crippen molar-refractivity contribution in [2.45, 2.75) is 20.0 Å². The van der Waals surface area contributed by atoms with Gasteiger partial charge in [-0.05, 0) is 38.1 Å². The average Bonchev–Trinajstić information content (AvgIpc) is 2.69. The standard InChI is InChI=1S/C21H23FN2O3/c1-15-7-9-17(10-8-15)27-16(2)20(25)23-11-13-24(14-12-23)21(26)18-5-3-4-6-19(18)22/h3-10,16H,11-14H2,1-2H3. The Morgan fingerprint density at radius 2 is 1.56 bits per heavy atom. The van der Waals surface area contributed by atoms with Crippen LogP contribution in [0.25, 0.3) is 0 Å². The van der Waals surface area contributed by atoms with Crippen molar-refractivity contribution in [3.05, 3.63) is 65.5 Å². The van der Waals surface area contributed by atoms with Crippen LogP contribution in [0.4, 0.5) is 4.39 Å². The molecule has 5 nitrogen and oxygen atoms in total. The molecule has 1 aliphatic heterocycles. The zero-order valence-corrected chi connectivity index (χ0v) is 15.5. The SMILES string of the molecule is Cc1ccc(OC(C)C(=O)N2CCN(C(=O)c3ccccc3F)CC2)cc1. The first kappa shape index (κ1) is 18.9. The number of piperazine rings is 1. The van der Waals surface area contributed by atoms with Crippen LogP contribution in [0.3, 0.4) is 0 Å². The van der Waals surface area contributed by atoms with E-state index in [0.29, 0.717) is 31.9 Å². The van der Waals surface area contributed by atoms with Crippen LogP contribution in [0.1, 0.15) is 22.8 Å². The summed E-state index contributed by atoms with van der Waals surface area (Å²) >= 11 is 0. The van der Waals surface area contributed by atoms with Gasteiger partial charge in [-0.2, -0.15) is 0 Å². The van der Waals surface area contributed by atoms with Crippen molar-refractivity contribution in [3.63, 3.8) is 0 Å². The van der Waals surface area contributed by atoms with Crippen molar-refractivity contribution in [3.8, 4) is 5.75 Å². The normalized spacial score (nSPS) is 15.4. The molecule has 1 saturated heterocycles. The second-order valence-corrected chi connectivity index (χ2v) is 6.67. The first-order valence-corrected chi connectivity index (χ1v) is 9.01. The minimum absolute atomic E-state index is 0.0633. The molecule has 6 heteroatoms. The molecule has 1 atom stereocenters. The van der Waals surface area contributed by atoms with Crippen molar-refractivity contribution >= 4 is 11.8 Å². The molecular weight excluding hydrogens is 347 g/mol. The number of aryl methyl sites for hydroxylation is 1. The second kappa shape index (κ2) is 8.20. The van der Waals surface area contributed by atoms with Gasteiger partial charge in [0.25, 0.3) is 11.8 Å². The predicted molar refractivity (Wildman–Crippen MR) is 100 cm³/mol. The van der Waals surface area contributed by atoms with E-state index in [1.54, 1.807) is 28.9 Å². The van der Waals surface area contributed by atoms with Gasteiger partial charge in [0, 0.05) is 26.2 Å². The van der Waals surface area contributed by atoms with Crippen molar-refractivity contribution < 1.29 is 18.7 Å². The highest BCUT2D eigenvalue weighted by Gasteiger charge is 2.29. The predicted octanol–water partition coefficient (Wildman–Crippen LogP) is 2.89. The fourth-order valence-electron chi connectivity index (χ4n) is 3.06. The molecule has 27 heavy (non-hydrogen) atoms. The summed E-state index contributed by atoms with van der Waals surface area (Å²) < 4.78 is 19.5. The topological polar surface area (TPSA) is 49.9 Å². The molecule has 0 N–H and O–H groups in total. The largest absolute Gasteiger partial charge is 0.481 e. The van der Waals surface area contributed by atoms with Gasteiger partial charge in [-0.15, -0.1) is 0 Å². The molecule has 0 spiro atoms. The number of amides is 2. The van der Waals surface area contributed by atoms with Crippen molar-refractivity contribution in [1.29, 1.82) is 0 Å². The summed E-state index contributed by atoms with van der Waals surface area (Å²) in [6, 6.07) is 13.5. The quantitative estimate of drug-likeness (QED) is 0.832. The van der Waals surface area contributed by atoms with E-state index in [2.05, 4.69) is 0 Å². The van der Waals surface area contributed by atoms with Gasteiger partial charge in [0.15, 0.2) is 6.10 Å². The van der Waals surface area contributed by atoms with E-state index in [9.17, 15) is 14.0 Å². The molecule has 1 aliphatic rings. The van der Waals surface area contributed by atoms with Crippen LogP contribution in [-0.4, -0.2) is 53.9 Å². The fourth-order valence-corrected chi connectivity index (χ4v) is 3.06. The first-order chi connectivity index (χ1) is 13.0. The number of carbonyl (C=O) groups excluding carboxylic acids is 2. The van der Waals surface area contributed by atoms with Crippen LogP contribution in [0.5, 0.6) is 5.75 Å². The van der Waals surface area contributed by atoms with Gasteiger partial charge < -0.3 is 14.5 Å². The summed E-state index contributed by atoms with van der Waals surface area (Å²) in [6.45, 7) is 5.26. The number of hydrogen-bond donors (Lipinski definition) is 0. The molecule has 0 aromatic heterocycles. The minimum atomic E-state index is -0.610. The summed E-state index contributed by atoms with van der Waals surface area (Å²) in [5.74, 6) is -0.339. The Labute approximate surface area is 158 Å². The van der Waals surface area contributed by atoms with Crippen LogP contribution in [-0.2, 0) is 4.79 Å². The molecule has 0 aliphatic carbocycles. The first-order valence-electron chi connectivity index (χ1n) is 9.01. The smallest absolute Gasteiger partial charge is 0.263 e. The molecule has 1 unspecified atom stereocenters. The zero-order valence-electron chi connectivity index (χ0n) is 15.5. The molecule has 0 bridgehead atoms. The van der Waals surface area contributed by atoms with Crippen molar-refractivity contribution in [1.82, 2.24) is 9.80 Å². The van der Waals surface area contributed by atoms with Gasteiger partial charge in [-0.1, -0.05) is 29.8 Å². The molecule has 0 radical (unpaired) electrons. The lowest BCUT2D eigenvalue weighted by molar-refractivity contribution is -0.139. The second-order valence-electron chi connectivity index (χ2n) is 6.67. The Balaban J connectivity index is 1.55. The van der Waals surface area contributed by atoms with E-state index in [0.717, 1.165) is 5.56 Å². The molecule has 2 aromatic rings. The van der Waals surface area contributed by atoms with Gasteiger partial charge >= 0.3 is 0 Å². The third kappa shape index (κ3) is 4.45. The van der Waals surface area contributed by atoms with Gasteiger partial charge in [0.1, 0.15) is 11.6 Å². The molecule has 3 rings (SSSR count). The van der Waals surface area contributed by atoms with E-state index in [1.165, 1.54) is 12.1 Å². The monoisotopic (exact) mass is 370 g/mol. The summed E-state index contributed by atoms with van der Waals surface area (Å²) in [6.07, 6.45) is -0.610. The van der Waals surface area contributed by atoms with Crippen LogP contribution in [0.15, 0.2) is 48.5 Å². The zero-order chi connectivity index (χ0) is 19.4. The number of rotatable bonds is 4. The highest BCUT2D eigenvalue weighted by Crippen LogP contribution is 2.16. The maximum atomic E-state index is 13.8. The van der Waals surface area contributed by atoms with Crippen LogP contribution >= 0.6 is 0 Å². The number of halogens is 1. The number of nitrogens with zero attached hydrogens (tertiary/aromatic N) is 2. The van der Waals surface area contributed by atoms with Crippen LogP contribution in [0, 0.1) is 12.7 Å². The highest BCUT2D eigenvalue weighted by atomic mass is 19.1. The maximum absolute atomic E-state index is 13.8. The van der Waals surface area contributed by atoms with E-state index in [1.807, 2.05) is 31.2 Å². The molecule has 1 fully saturated rings. The lowest BCUT2D eigenvalue weighted by Gasteiger charge is -2.36. The van der Waals surface area contributed by atoms with E-state index < -0.39 is 11.9 Å². The molecule has 0 saturated carbocycles. The van der Waals surface area contributed by atoms with Crippen LogP contribution in [0.2, 0.25) is 0 Å². The molecule has 142 valence electrons. The van der Waals surface area contributed by atoms with E-state index in [4.69, 9.17) is 4.74 Å². The number of benzene rings is 2. The fraction of sp³-hybridized carbons (Fsp3) is 0.333. The Bertz CT molecular complexity index is 814. The third-order valence-electron chi connectivity index (χ3n) is 4.66. The maximum Gasteiger partial charge on any atom is 0.263 e. The highest BCUT2D eigenvalue weighted by molar-refractivity contribution is 5.94. The van der Waals surface area contributed by atoms with Gasteiger partial charge in [0.05, 0.1) is 5.56 Å². The van der Waals surface area contributed by atoms with Crippen molar-refractivity contribution in [2.75, 3.05) is 26.2 Å². The lowest BCUT2D eigenvalue weighted by atomic mass is 10.1.